The molecule has 0 saturated carbocycles. The highest BCUT2D eigenvalue weighted by molar-refractivity contribution is 6.30. The Hall–Kier alpha value is -2.37. The molecule has 0 aliphatic rings. The molecule has 24 heavy (non-hydrogen) atoms. The van der Waals surface area contributed by atoms with Gasteiger partial charge in [0.05, 0.1) is 17.4 Å². The molecule has 0 heterocycles. The Bertz CT molecular complexity index is 714. The number of aliphatic hydroxyl groups is 1. The normalized spacial score (nSPS) is 11.6. The fourth-order valence-electron chi connectivity index (χ4n) is 2.08. The predicted octanol–water partition coefficient (Wildman–Crippen LogP) is 3.09. The summed E-state index contributed by atoms with van der Waals surface area (Å²) in [6.07, 6.45) is -0.0180. The van der Waals surface area contributed by atoms with Gasteiger partial charge in [-0.3, -0.25) is 9.59 Å². The maximum atomic E-state index is 12.3. The van der Waals surface area contributed by atoms with Gasteiger partial charge in [-0.05, 0) is 49.7 Å². The van der Waals surface area contributed by atoms with Gasteiger partial charge >= 0.3 is 0 Å². The molecule has 2 aromatic rings. The van der Waals surface area contributed by atoms with Crippen LogP contribution in [0.3, 0.4) is 0 Å². The van der Waals surface area contributed by atoms with Crippen molar-refractivity contribution in [1.82, 2.24) is 5.32 Å². The quantitative estimate of drug-likeness (QED) is 0.752. The first kappa shape index (κ1) is 18.0. The van der Waals surface area contributed by atoms with Crippen molar-refractivity contribution in [3.8, 4) is 0 Å². The summed E-state index contributed by atoms with van der Waals surface area (Å²) in [4.78, 5) is 24.5. The highest BCUT2D eigenvalue weighted by Gasteiger charge is 2.14. The van der Waals surface area contributed by atoms with Crippen molar-refractivity contribution in [2.75, 3.05) is 11.9 Å². The summed E-state index contributed by atoms with van der Waals surface area (Å²) in [5, 5.41) is 15.2. The number of halogens is 1. The number of para-hydroxylation sites is 1. The van der Waals surface area contributed by atoms with Crippen molar-refractivity contribution in [2.45, 2.75) is 19.4 Å². The number of benzene rings is 2. The van der Waals surface area contributed by atoms with E-state index < -0.39 is 6.10 Å². The molecule has 1 atom stereocenters. The van der Waals surface area contributed by atoms with Gasteiger partial charge in [-0.2, -0.15) is 0 Å². The highest BCUT2D eigenvalue weighted by atomic mass is 35.5. The summed E-state index contributed by atoms with van der Waals surface area (Å²) in [6, 6.07) is 13.3. The number of carbonyl (C=O) groups is 2. The topological polar surface area (TPSA) is 78.4 Å². The molecule has 2 amide bonds. The molecule has 0 spiro atoms. The van der Waals surface area contributed by atoms with E-state index in [1.807, 2.05) is 0 Å². The first-order valence-electron chi connectivity index (χ1n) is 7.59. The lowest BCUT2D eigenvalue weighted by atomic mass is 10.1. The third-order valence-corrected chi connectivity index (χ3v) is 3.63. The Morgan fingerprint density at radius 3 is 2.42 bits per heavy atom. The number of anilines is 1. The van der Waals surface area contributed by atoms with E-state index in [4.69, 9.17) is 11.6 Å². The van der Waals surface area contributed by atoms with Crippen LogP contribution >= 0.6 is 11.6 Å². The van der Waals surface area contributed by atoms with Crippen molar-refractivity contribution < 1.29 is 14.7 Å². The van der Waals surface area contributed by atoms with Crippen LogP contribution in [0, 0.1) is 0 Å². The van der Waals surface area contributed by atoms with E-state index in [1.54, 1.807) is 55.5 Å². The van der Waals surface area contributed by atoms with Crippen LogP contribution in [0.5, 0.6) is 0 Å². The third kappa shape index (κ3) is 5.08. The lowest BCUT2D eigenvalue weighted by Crippen LogP contribution is -2.27. The van der Waals surface area contributed by atoms with E-state index in [0.29, 0.717) is 34.8 Å². The van der Waals surface area contributed by atoms with E-state index >= 15 is 0 Å². The second kappa shape index (κ2) is 8.47. The van der Waals surface area contributed by atoms with E-state index in [0.717, 1.165) is 0 Å². The Labute approximate surface area is 145 Å². The minimum absolute atomic E-state index is 0.303. The largest absolute Gasteiger partial charge is 0.393 e. The van der Waals surface area contributed by atoms with Crippen molar-refractivity contribution >= 4 is 29.1 Å². The SMILES string of the molecule is CC(O)CCNC(=O)c1ccccc1NC(=O)c1ccc(Cl)cc1. The van der Waals surface area contributed by atoms with Crippen molar-refractivity contribution in [2.24, 2.45) is 0 Å². The van der Waals surface area contributed by atoms with Gasteiger partial charge in [0, 0.05) is 17.1 Å². The molecule has 0 aromatic heterocycles. The van der Waals surface area contributed by atoms with Gasteiger partial charge in [0.15, 0.2) is 0 Å². The molecule has 6 heteroatoms. The monoisotopic (exact) mass is 346 g/mol. The average molecular weight is 347 g/mol. The van der Waals surface area contributed by atoms with Crippen LogP contribution in [0.4, 0.5) is 5.69 Å². The predicted molar refractivity (Wildman–Crippen MR) is 94.5 cm³/mol. The second-order valence-corrected chi connectivity index (χ2v) is 5.84. The third-order valence-electron chi connectivity index (χ3n) is 3.37. The van der Waals surface area contributed by atoms with E-state index in [1.165, 1.54) is 0 Å². The molecule has 2 aromatic carbocycles. The highest BCUT2D eigenvalue weighted by Crippen LogP contribution is 2.17. The molecule has 5 nitrogen and oxygen atoms in total. The van der Waals surface area contributed by atoms with Gasteiger partial charge in [0.25, 0.3) is 11.8 Å². The van der Waals surface area contributed by atoms with Crippen molar-refractivity contribution in [1.29, 1.82) is 0 Å². The summed E-state index contributed by atoms with van der Waals surface area (Å²) < 4.78 is 0. The fourth-order valence-corrected chi connectivity index (χ4v) is 2.20. The van der Waals surface area contributed by atoms with Gasteiger partial charge in [-0.1, -0.05) is 23.7 Å². The second-order valence-electron chi connectivity index (χ2n) is 5.40. The number of aliphatic hydroxyl groups excluding tert-OH is 1. The molecule has 2 rings (SSSR count). The summed E-state index contributed by atoms with van der Waals surface area (Å²) in [5.74, 6) is -0.626. The zero-order valence-electron chi connectivity index (χ0n) is 13.3. The molecule has 0 aliphatic carbocycles. The summed E-state index contributed by atoms with van der Waals surface area (Å²) in [5.41, 5.74) is 1.24. The zero-order chi connectivity index (χ0) is 17.5. The van der Waals surface area contributed by atoms with Gasteiger partial charge < -0.3 is 15.7 Å². The van der Waals surface area contributed by atoms with Crippen molar-refractivity contribution in [3.63, 3.8) is 0 Å². The molecule has 3 N–H and O–H groups in total. The van der Waals surface area contributed by atoms with Crippen LogP contribution in [0.2, 0.25) is 5.02 Å². The summed E-state index contributed by atoms with van der Waals surface area (Å²) in [6.45, 7) is 2.02. The van der Waals surface area contributed by atoms with Crippen molar-refractivity contribution in [3.05, 3.63) is 64.7 Å². The zero-order valence-corrected chi connectivity index (χ0v) is 14.0. The summed E-state index contributed by atoms with van der Waals surface area (Å²) >= 11 is 5.81. The maximum absolute atomic E-state index is 12.3. The van der Waals surface area contributed by atoms with Gasteiger partial charge in [-0.25, -0.2) is 0 Å². The van der Waals surface area contributed by atoms with Gasteiger partial charge in [0.2, 0.25) is 0 Å². The molecule has 0 radical (unpaired) electrons. The van der Waals surface area contributed by atoms with Crippen LogP contribution in [0.1, 0.15) is 34.1 Å². The van der Waals surface area contributed by atoms with Crippen LogP contribution in [-0.2, 0) is 0 Å². The molecule has 0 aliphatic heterocycles. The first-order chi connectivity index (χ1) is 11.5. The minimum Gasteiger partial charge on any atom is -0.393 e. The molecule has 1 unspecified atom stereocenters. The maximum Gasteiger partial charge on any atom is 0.255 e. The number of amides is 2. The van der Waals surface area contributed by atoms with Gasteiger partial charge in [0.1, 0.15) is 0 Å². The number of carbonyl (C=O) groups excluding carboxylic acids is 2. The van der Waals surface area contributed by atoms with E-state index in [9.17, 15) is 14.7 Å². The Kier molecular flexibility index (Phi) is 6.35. The molecule has 0 bridgehead atoms. The minimum atomic E-state index is -0.481. The molecule has 126 valence electrons. The van der Waals surface area contributed by atoms with Crippen LogP contribution in [0.15, 0.2) is 48.5 Å². The fraction of sp³-hybridized carbons (Fsp3) is 0.222. The Morgan fingerprint density at radius 1 is 1.08 bits per heavy atom. The number of hydrogen-bond donors (Lipinski definition) is 3. The molecular formula is C18H19ClN2O3. The number of rotatable bonds is 6. The Morgan fingerprint density at radius 2 is 1.75 bits per heavy atom. The molecule has 0 fully saturated rings. The lowest BCUT2D eigenvalue weighted by molar-refractivity contribution is 0.0946. The van der Waals surface area contributed by atoms with E-state index in [-0.39, 0.29) is 11.8 Å². The molecule has 0 saturated heterocycles. The van der Waals surface area contributed by atoms with Crippen LogP contribution < -0.4 is 10.6 Å². The van der Waals surface area contributed by atoms with Crippen LogP contribution in [-0.4, -0.2) is 29.6 Å². The van der Waals surface area contributed by atoms with Crippen LogP contribution in [0.25, 0.3) is 0 Å². The Balaban J connectivity index is 2.09. The number of hydrogen-bond acceptors (Lipinski definition) is 3. The molecular weight excluding hydrogens is 328 g/mol. The summed E-state index contributed by atoms with van der Waals surface area (Å²) in [7, 11) is 0. The smallest absolute Gasteiger partial charge is 0.255 e. The average Bonchev–Trinajstić information content (AvgIpc) is 2.55. The number of nitrogens with one attached hydrogen (secondary N) is 2. The van der Waals surface area contributed by atoms with Gasteiger partial charge in [-0.15, -0.1) is 0 Å². The lowest BCUT2D eigenvalue weighted by Gasteiger charge is -2.12. The standard InChI is InChI=1S/C18H19ClN2O3/c1-12(22)10-11-20-18(24)15-4-2-3-5-16(15)21-17(23)13-6-8-14(19)9-7-13/h2-9,12,22H,10-11H2,1H3,(H,20,24)(H,21,23). The van der Waals surface area contributed by atoms with E-state index in [2.05, 4.69) is 10.6 Å². The first-order valence-corrected chi connectivity index (χ1v) is 7.97.